The molecule has 2 heterocycles. The number of hydrogen-bond donors (Lipinski definition) is 1. The Morgan fingerprint density at radius 2 is 1.82 bits per heavy atom. The molecule has 7 heteroatoms. The fourth-order valence-corrected chi connectivity index (χ4v) is 5.65. The van der Waals surface area contributed by atoms with Gasteiger partial charge in [0.25, 0.3) is 0 Å². The maximum absolute atomic E-state index is 11.0. The van der Waals surface area contributed by atoms with Crippen LogP contribution < -0.4 is 9.47 Å². The summed E-state index contributed by atoms with van der Waals surface area (Å²) in [5, 5.41) is 10.3. The first-order chi connectivity index (χ1) is 18.4. The van der Waals surface area contributed by atoms with Gasteiger partial charge in [-0.25, -0.2) is 0 Å². The van der Waals surface area contributed by atoms with E-state index in [9.17, 15) is 9.90 Å². The van der Waals surface area contributed by atoms with Crippen molar-refractivity contribution < 1.29 is 24.1 Å². The molecule has 3 aromatic carbocycles. The third-order valence-electron chi connectivity index (χ3n) is 7.82. The van der Waals surface area contributed by atoms with Crippen LogP contribution in [0.25, 0.3) is 11.1 Å². The molecule has 0 amide bonds. The molecule has 2 aliphatic rings. The number of phenols is 1. The van der Waals surface area contributed by atoms with Gasteiger partial charge in [-0.05, 0) is 73.2 Å². The Bertz CT molecular complexity index is 1320. The summed E-state index contributed by atoms with van der Waals surface area (Å²) in [6, 6.07) is 15.1. The number of likely N-dealkylation sites (tertiary alicyclic amines) is 1. The van der Waals surface area contributed by atoms with Gasteiger partial charge < -0.3 is 24.2 Å². The summed E-state index contributed by atoms with van der Waals surface area (Å²) in [7, 11) is 0. The molecule has 1 N–H and O–H groups in total. The summed E-state index contributed by atoms with van der Waals surface area (Å²) in [6.45, 7) is 10.4. The Labute approximate surface area is 229 Å². The fraction of sp³-hybridized carbons (Fsp3) is 0.387. The minimum atomic E-state index is -0.158. The Morgan fingerprint density at radius 3 is 2.53 bits per heavy atom. The number of ether oxygens (including phenoxy) is 3. The minimum absolute atomic E-state index is 0.131. The largest absolute Gasteiger partial charge is 0.507 e. The summed E-state index contributed by atoms with van der Waals surface area (Å²) >= 11 is 6.25. The molecular formula is C31H34ClNO5. The molecule has 0 atom stereocenters. The zero-order chi connectivity index (χ0) is 26.7. The second kappa shape index (κ2) is 11.4. The summed E-state index contributed by atoms with van der Waals surface area (Å²) in [4.78, 5) is 13.6. The predicted octanol–water partition coefficient (Wildman–Crippen LogP) is 6.21. The van der Waals surface area contributed by atoms with Crippen LogP contribution in [0.1, 0.15) is 39.9 Å². The van der Waals surface area contributed by atoms with Gasteiger partial charge in [-0.2, -0.15) is 0 Å². The third kappa shape index (κ3) is 5.53. The molecule has 0 aliphatic carbocycles. The first-order valence-electron chi connectivity index (χ1n) is 13.1. The lowest BCUT2D eigenvalue weighted by molar-refractivity contribution is -0.105. The van der Waals surface area contributed by atoms with Crippen LogP contribution in [-0.4, -0.2) is 55.7 Å². The standard InChI is InChI=1S/C31H34ClNO5/c1-21-23(17-38-30-15-28(35)24(16-34)14-27(30)32)6-3-7-25(21)26-8-4-9-29(22(26)2)37-13-5-11-33-12-10-31(18-33)19-36-20-31/h3-4,6-9,14-16,35H,5,10-13,17-20H2,1-2H3. The van der Waals surface area contributed by atoms with Crippen LogP contribution in [0.5, 0.6) is 17.2 Å². The first-order valence-corrected chi connectivity index (χ1v) is 13.5. The number of nitrogens with zero attached hydrogens (tertiary/aromatic N) is 1. The molecule has 1 spiro atoms. The Hall–Kier alpha value is -3.06. The maximum atomic E-state index is 11.0. The van der Waals surface area contributed by atoms with Crippen molar-refractivity contribution in [2.24, 2.45) is 5.41 Å². The minimum Gasteiger partial charge on any atom is -0.507 e. The van der Waals surface area contributed by atoms with Crippen LogP contribution >= 0.6 is 11.6 Å². The van der Waals surface area contributed by atoms with Crippen molar-refractivity contribution >= 4 is 17.9 Å². The van der Waals surface area contributed by atoms with Crippen molar-refractivity contribution in [1.82, 2.24) is 4.90 Å². The number of aldehydes is 1. The number of carbonyl (C=O) groups is 1. The highest BCUT2D eigenvalue weighted by Gasteiger charge is 2.43. The van der Waals surface area contributed by atoms with Crippen LogP contribution in [0.2, 0.25) is 5.02 Å². The average Bonchev–Trinajstić information content (AvgIpc) is 3.34. The second-order valence-electron chi connectivity index (χ2n) is 10.5. The summed E-state index contributed by atoms with van der Waals surface area (Å²) in [6.07, 6.45) is 2.81. The van der Waals surface area contributed by atoms with E-state index in [0.29, 0.717) is 24.1 Å². The van der Waals surface area contributed by atoms with Crippen LogP contribution in [0.15, 0.2) is 48.5 Å². The number of rotatable bonds is 10. The first kappa shape index (κ1) is 26.5. The molecule has 5 rings (SSSR count). The SMILES string of the molecule is Cc1c(COc2cc(O)c(C=O)cc2Cl)cccc1-c1cccc(OCCCN2CCC3(COC3)C2)c1C. The third-order valence-corrected chi connectivity index (χ3v) is 8.12. The van der Waals surface area contributed by atoms with E-state index >= 15 is 0 Å². The van der Waals surface area contributed by atoms with E-state index in [2.05, 4.69) is 30.9 Å². The monoisotopic (exact) mass is 535 g/mol. The zero-order valence-electron chi connectivity index (χ0n) is 22.0. The van der Waals surface area contributed by atoms with Gasteiger partial charge in [0.1, 0.15) is 23.9 Å². The molecule has 38 heavy (non-hydrogen) atoms. The highest BCUT2D eigenvalue weighted by Crippen LogP contribution is 2.38. The van der Waals surface area contributed by atoms with Crippen LogP contribution in [0.3, 0.4) is 0 Å². The van der Waals surface area contributed by atoms with Gasteiger partial charge in [0, 0.05) is 24.6 Å². The highest BCUT2D eigenvalue weighted by molar-refractivity contribution is 6.32. The molecule has 2 aliphatic heterocycles. The summed E-state index contributed by atoms with van der Waals surface area (Å²) in [5.74, 6) is 1.08. The number of aromatic hydroxyl groups is 1. The Balaban J connectivity index is 1.23. The van der Waals surface area contributed by atoms with Gasteiger partial charge in [0.15, 0.2) is 6.29 Å². The molecule has 0 bridgehead atoms. The van der Waals surface area contributed by atoms with E-state index in [0.717, 1.165) is 72.8 Å². The average molecular weight is 536 g/mol. The molecule has 2 saturated heterocycles. The van der Waals surface area contributed by atoms with Crippen molar-refractivity contribution in [2.45, 2.75) is 33.3 Å². The van der Waals surface area contributed by atoms with Gasteiger partial charge in [-0.1, -0.05) is 41.9 Å². The van der Waals surface area contributed by atoms with E-state index in [-0.39, 0.29) is 22.9 Å². The quantitative estimate of drug-likeness (QED) is 0.246. The normalized spacial score (nSPS) is 16.4. The van der Waals surface area contributed by atoms with Crippen molar-refractivity contribution in [3.05, 3.63) is 75.8 Å². The van der Waals surface area contributed by atoms with Gasteiger partial charge in [-0.15, -0.1) is 0 Å². The van der Waals surface area contributed by atoms with Crippen LogP contribution in [0, 0.1) is 19.3 Å². The van der Waals surface area contributed by atoms with Gasteiger partial charge in [0.2, 0.25) is 0 Å². The molecule has 3 aromatic rings. The Kier molecular flexibility index (Phi) is 7.93. The molecule has 0 aromatic heterocycles. The number of carbonyl (C=O) groups excluding carboxylic acids is 1. The van der Waals surface area contributed by atoms with Gasteiger partial charge in [-0.3, -0.25) is 4.79 Å². The van der Waals surface area contributed by atoms with E-state index in [1.807, 2.05) is 24.3 Å². The number of halogens is 1. The maximum Gasteiger partial charge on any atom is 0.153 e. The molecule has 0 saturated carbocycles. The zero-order valence-corrected chi connectivity index (χ0v) is 22.7. The number of benzene rings is 3. The van der Waals surface area contributed by atoms with E-state index in [4.69, 9.17) is 25.8 Å². The van der Waals surface area contributed by atoms with Crippen molar-refractivity contribution in [1.29, 1.82) is 0 Å². The lowest BCUT2D eigenvalue weighted by Crippen LogP contribution is -2.44. The number of hydrogen-bond acceptors (Lipinski definition) is 6. The molecule has 6 nitrogen and oxygen atoms in total. The van der Waals surface area contributed by atoms with Gasteiger partial charge in [0.05, 0.1) is 30.4 Å². The predicted molar refractivity (Wildman–Crippen MR) is 149 cm³/mol. The van der Waals surface area contributed by atoms with Crippen molar-refractivity contribution in [2.75, 3.05) is 39.5 Å². The molecule has 2 fully saturated rings. The van der Waals surface area contributed by atoms with Crippen LogP contribution in [-0.2, 0) is 11.3 Å². The van der Waals surface area contributed by atoms with E-state index < -0.39 is 0 Å². The molecule has 0 unspecified atom stereocenters. The number of phenolic OH excluding ortho intramolecular Hbond substituents is 1. The topological polar surface area (TPSA) is 68.2 Å². The van der Waals surface area contributed by atoms with Crippen molar-refractivity contribution in [3.8, 4) is 28.4 Å². The highest BCUT2D eigenvalue weighted by atomic mass is 35.5. The molecule has 200 valence electrons. The van der Waals surface area contributed by atoms with Gasteiger partial charge >= 0.3 is 0 Å². The smallest absolute Gasteiger partial charge is 0.153 e. The lowest BCUT2D eigenvalue weighted by atomic mass is 9.85. The fourth-order valence-electron chi connectivity index (χ4n) is 5.43. The van der Waals surface area contributed by atoms with E-state index in [1.54, 1.807) is 0 Å². The lowest BCUT2D eigenvalue weighted by Gasteiger charge is -2.37. The molecular weight excluding hydrogens is 502 g/mol. The van der Waals surface area contributed by atoms with E-state index in [1.165, 1.54) is 18.6 Å². The summed E-state index contributed by atoms with van der Waals surface area (Å²) < 4.78 is 17.6. The second-order valence-corrected chi connectivity index (χ2v) is 10.9. The molecule has 0 radical (unpaired) electrons. The van der Waals surface area contributed by atoms with Crippen LogP contribution in [0.4, 0.5) is 0 Å². The van der Waals surface area contributed by atoms with Crippen molar-refractivity contribution in [3.63, 3.8) is 0 Å². The Morgan fingerprint density at radius 1 is 1.05 bits per heavy atom. The summed E-state index contributed by atoms with van der Waals surface area (Å²) in [5.41, 5.74) is 6.01.